The lowest BCUT2D eigenvalue weighted by atomic mass is 9.87. The van der Waals surface area contributed by atoms with Crippen molar-refractivity contribution in [3.05, 3.63) is 25.3 Å². The fraction of sp³-hybridized carbons (Fsp3) is 0.593. The number of amides is 2. The smallest absolute Gasteiger partial charge is 0.481 e. The van der Waals surface area contributed by atoms with Crippen molar-refractivity contribution in [3.63, 3.8) is 0 Å². The first-order valence-electron chi connectivity index (χ1n) is 16.3. The zero-order valence-electron chi connectivity index (χ0n) is 30.0. The summed E-state index contributed by atoms with van der Waals surface area (Å²) in [6.45, 7) is 3.49. The number of nitrogens with two attached hydrogens (primary N) is 1. The van der Waals surface area contributed by atoms with Gasteiger partial charge < -0.3 is 56.0 Å². The van der Waals surface area contributed by atoms with Crippen molar-refractivity contribution < 1.29 is 90.4 Å². The molecule has 1 fully saturated rings. The molecule has 3 unspecified atom stereocenters. The largest absolute Gasteiger partial charge is 0.481 e. The van der Waals surface area contributed by atoms with Crippen molar-refractivity contribution in [2.45, 2.75) is 57.3 Å². The summed E-state index contributed by atoms with van der Waals surface area (Å²) in [5, 5.41) is 34.7. The van der Waals surface area contributed by atoms with Crippen LogP contribution in [0.15, 0.2) is 25.3 Å². The number of thioether (sulfide) groups is 1. The summed E-state index contributed by atoms with van der Waals surface area (Å²) in [6, 6.07) is 0. The summed E-state index contributed by atoms with van der Waals surface area (Å²) in [6.07, 6.45) is -5.90. The first-order chi connectivity index (χ1) is 26.4. The monoisotopic (exact) mass is 893 g/mol. The maximum atomic E-state index is 12.7. The number of imidazole rings is 1. The topological polar surface area (TPSA) is 401 Å². The summed E-state index contributed by atoms with van der Waals surface area (Å²) in [5.41, 5.74) is 4.18. The number of ether oxygens (including phenoxy) is 1. The Kier molecular flexibility index (Phi) is 17.0. The summed E-state index contributed by atoms with van der Waals surface area (Å²) >= 11 is 0.718. The van der Waals surface area contributed by atoms with Gasteiger partial charge in [0.1, 0.15) is 42.2 Å². The third-order valence-corrected chi connectivity index (χ3v) is 11.8. The maximum absolute atomic E-state index is 12.7. The number of rotatable bonds is 23. The molecular weight excluding hydrogens is 851 g/mol. The van der Waals surface area contributed by atoms with Crippen LogP contribution in [0.1, 0.15) is 32.9 Å². The van der Waals surface area contributed by atoms with Crippen molar-refractivity contribution in [3.8, 4) is 0 Å². The standard InChI is InChI=1S/C27H42N7O19P3S/c1-4-5-14(25(39)40)26(41)57-9-8-29-16(35)6-7-30-23(38)20(37)27(2,3)11-50-56(47,48)53-55(45,46)49-10-15-19(52-54(42,43)44)18(36)24(51-15)34-13-33-17-21(28)31-12-32-22(17)34/h4,12-15,18-20,24,36-37H,1,5-11H2,2-3H3,(H,29,35)(H,30,38)(H,39,40)(H,45,46)(H,47,48)(H2,28,31,32)(H2,42,43,44)/t14?,15-,18-,19-,20+,24-/m1/s1. The third kappa shape index (κ3) is 14.2. The first kappa shape index (κ1) is 48.1. The Morgan fingerprint density at radius 3 is 2.39 bits per heavy atom. The Balaban J connectivity index is 1.49. The Bertz CT molecular complexity index is 1930. The highest BCUT2D eigenvalue weighted by Gasteiger charge is 2.50. The molecule has 0 bridgehead atoms. The minimum atomic E-state index is -5.60. The van der Waals surface area contributed by atoms with E-state index in [2.05, 4.69) is 41.0 Å². The molecule has 1 saturated heterocycles. The van der Waals surface area contributed by atoms with Crippen LogP contribution in [0.5, 0.6) is 0 Å². The van der Waals surface area contributed by atoms with Gasteiger partial charge in [-0.2, -0.15) is 4.31 Å². The van der Waals surface area contributed by atoms with E-state index in [0.29, 0.717) is 0 Å². The molecule has 30 heteroatoms. The van der Waals surface area contributed by atoms with Crippen LogP contribution in [0.4, 0.5) is 5.82 Å². The van der Waals surface area contributed by atoms with Crippen LogP contribution >= 0.6 is 35.2 Å². The molecule has 1 aliphatic rings. The van der Waals surface area contributed by atoms with Crippen molar-refractivity contribution in [2.75, 3.05) is 37.8 Å². The average molecular weight is 894 g/mol. The minimum Gasteiger partial charge on any atom is -0.481 e. The second-order valence-corrected chi connectivity index (χ2v) is 18.0. The molecule has 3 rings (SSSR count). The molecule has 0 aromatic carbocycles. The van der Waals surface area contributed by atoms with Gasteiger partial charge in [0.2, 0.25) is 16.9 Å². The van der Waals surface area contributed by atoms with Crippen LogP contribution in [0.3, 0.4) is 0 Å². The summed E-state index contributed by atoms with van der Waals surface area (Å²) in [5.74, 6) is -4.13. The lowest BCUT2D eigenvalue weighted by Crippen LogP contribution is -2.46. The highest BCUT2D eigenvalue weighted by Crippen LogP contribution is 2.61. The highest BCUT2D eigenvalue weighted by molar-refractivity contribution is 8.13. The minimum absolute atomic E-state index is 0.00551. The number of hydrogen-bond acceptors (Lipinski definition) is 19. The van der Waals surface area contributed by atoms with E-state index in [4.69, 9.17) is 24.6 Å². The molecule has 320 valence electrons. The van der Waals surface area contributed by atoms with Crippen LogP contribution < -0.4 is 16.4 Å². The third-order valence-electron chi connectivity index (χ3n) is 7.73. The fourth-order valence-corrected chi connectivity index (χ4v) is 8.48. The number of carboxylic acids is 1. The van der Waals surface area contributed by atoms with E-state index in [1.807, 2.05) is 0 Å². The number of allylic oxidation sites excluding steroid dienone is 1. The van der Waals surface area contributed by atoms with Gasteiger partial charge in [0.15, 0.2) is 17.7 Å². The van der Waals surface area contributed by atoms with Crippen LogP contribution in [0, 0.1) is 11.3 Å². The zero-order valence-corrected chi connectivity index (χ0v) is 33.5. The summed E-state index contributed by atoms with van der Waals surface area (Å²) in [7, 11) is -16.5. The number of aromatic nitrogens is 4. The molecule has 3 heterocycles. The number of nitrogen functional groups attached to an aromatic ring is 1. The highest BCUT2D eigenvalue weighted by atomic mass is 32.2. The van der Waals surface area contributed by atoms with Crippen molar-refractivity contribution in [1.82, 2.24) is 30.2 Å². The SMILES string of the molecule is C=CCC(C(=O)O)C(=O)SCCNC(=O)CCNC(=O)[C@H](O)C(C)(C)COP(=O)(O)OP(=O)(O)OC[C@H]1O[C@@H](n2cnc3c(N)ncnc32)[C@H](O)[C@@H]1OP(=O)(O)O. The number of anilines is 1. The molecule has 26 nitrogen and oxygen atoms in total. The van der Waals surface area contributed by atoms with E-state index in [0.717, 1.165) is 29.0 Å². The van der Waals surface area contributed by atoms with E-state index in [1.54, 1.807) is 0 Å². The predicted molar refractivity (Wildman–Crippen MR) is 193 cm³/mol. The lowest BCUT2D eigenvalue weighted by molar-refractivity contribution is -0.144. The van der Waals surface area contributed by atoms with Crippen molar-refractivity contribution in [1.29, 1.82) is 0 Å². The molecule has 57 heavy (non-hydrogen) atoms. The molecular formula is C27H42N7O19P3S. The van der Waals surface area contributed by atoms with E-state index in [9.17, 15) is 62.7 Å². The van der Waals surface area contributed by atoms with Gasteiger partial charge in [-0.25, -0.2) is 28.6 Å². The number of fused-ring (bicyclic) bond motifs is 1. The van der Waals surface area contributed by atoms with Gasteiger partial charge >= 0.3 is 29.4 Å². The number of carboxylic acid groups (broad SMARTS) is 1. The molecule has 11 N–H and O–H groups in total. The number of nitrogens with zero attached hydrogens (tertiary/aromatic N) is 4. The van der Waals surface area contributed by atoms with Crippen LogP contribution in [0.25, 0.3) is 11.2 Å². The number of nitrogens with one attached hydrogen (secondary N) is 2. The van der Waals surface area contributed by atoms with Crippen LogP contribution in [-0.4, -0.2) is 134 Å². The fourth-order valence-electron chi connectivity index (χ4n) is 4.85. The van der Waals surface area contributed by atoms with Crippen LogP contribution in [-0.2, 0) is 55.5 Å². The van der Waals surface area contributed by atoms with Gasteiger partial charge in [0.25, 0.3) is 0 Å². The first-order valence-corrected chi connectivity index (χ1v) is 21.8. The summed E-state index contributed by atoms with van der Waals surface area (Å²) in [4.78, 5) is 98.7. The number of aliphatic hydroxyl groups is 2. The number of phosphoric acid groups is 3. The van der Waals surface area contributed by atoms with Gasteiger partial charge in [0, 0.05) is 30.7 Å². The number of phosphoric ester groups is 3. The summed E-state index contributed by atoms with van der Waals surface area (Å²) < 4.78 is 62.0. The Morgan fingerprint density at radius 1 is 1.09 bits per heavy atom. The van der Waals surface area contributed by atoms with Gasteiger partial charge in [-0.3, -0.25) is 37.3 Å². The van der Waals surface area contributed by atoms with E-state index >= 15 is 0 Å². The van der Waals surface area contributed by atoms with E-state index in [-0.39, 0.29) is 48.7 Å². The number of aliphatic hydroxyl groups excluding tert-OH is 2. The molecule has 2 aromatic rings. The Hall–Kier alpha value is -3.23. The molecule has 0 radical (unpaired) electrons. The predicted octanol–water partition coefficient (Wildman–Crippen LogP) is -1.06. The normalized spacial score (nSPS) is 21.9. The number of aliphatic carboxylic acids is 1. The van der Waals surface area contributed by atoms with Gasteiger partial charge in [-0.05, 0) is 6.42 Å². The molecule has 2 aromatic heterocycles. The van der Waals surface area contributed by atoms with Gasteiger partial charge in [0.05, 0.1) is 19.5 Å². The van der Waals surface area contributed by atoms with Gasteiger partial charge in [-0.15, -0.1) is 6.58 Å². The lowest BCUT2D eigenvalue weighted by Gasteiger charge is -2.30. The molecule has 2 amide bonds. The second-order valence-electron chi connectivity index (χ2n) is 12.7. The molecule has 0 aliphatic carbocycles. The van der Waals surface area contributed by atoms with E-state index < -0.39 is 102 Å². The molecule has 1 aliphatic heterocycles. The Morgan fingerprint density at radius 2 is 1.75 bits per heavy atom. The average Bonchev–Trinajstić information content (AvgIpc) is 3.66. The maximum Gasteiger partial charge on any atom is 0.481 e. The van der Waals surface area contributed by atoms with Gasteiger partial charge in [-0.1, -0.05) is 31.7 Å². The molecule has 0 saturated carbocycles. The molecule has 8 atom stereocenters. The number of carbonyl (C=O) groups excluding carboxylic acids is 3. The van der Waals surface area contributed by atoms with Crippen molar-refractivity contribution in [2.24, 2.45) is 11.3 Å². The molecule has 0 spiro atoms. The number of hydrogen-bond donors (Lipinski definition) is 10. The second kappa shape index (κ2) is 20.2. The quantitative estimate of drug-likeness (QED) is 0.0275. The Labute approximate surface area is 327 Å². The van der Waals surface area contributed by atoms with E-state index in [1.165, 1.54) is 19.9 Å². The van der Waals surface area contributed by atoms with Crippen LogP contribution in [0.2, 0.25) is 0 Å². The van der Waals surface area contributed by atoms with Crippen molar-refractivity contribution >= 4 is 75.1 Å². The number of carbonyl (C=O) groups is 4. The zero-order chi connectivity index (χ0) is 42.9.